The van der Waals surface area contributed by atoms with Crippen LogP contribution in [-0.4, -0.2) is 17.5 Å². The Morgan fingerprint density at radius 3 is 2.33 bits per heavy atom. The molecule has 1 amide bonds. The highest BCUT2D eigenvalue weighted by atomic mass is 19.1. The summed E-state index contributed by atoms with van der Waals surface area (Å²) in [6.07, 6.45) is 0.721. The molecule has 21 heavy (non-hydrogen) atoms. The van der Waals surface area contributed by atoms with Crippen LogP contribution in [0.3, 0.4) is 0 Å². The summed E-state index contributed by atoms with van der Waals surface area (Å²) in [5, 5.41) is 2.48. The molecule has 0 radical (unpaired) electrons. The Balaban J connectivity index is 2.13. The summed E-state index contributed by atoms with van der Waals surface area (Å²) in [7, 11) is 0. The lowest BCUT2D eigenvalue weighted by atomic mass is 9.91. The number of carbonyl (C=O) groups is 2. The van der Waals surface area contributed by atoms with Crippen LogP contribution in [0.4, 0.5) is 14.9 Å². The van der Waals surface area contributed by atoms with Crippen molar-refractivity contribution in [1.82, 2.24) is 0 Å². The number of nitrogens with one attached hydrogen (secondary N) is 1. The van der Waals surface area contributed by atoms with E-state index in [9.17, 15) is 14.0 Å². The number of Topliss-reactive ketones (excluding diaryl/α,β-unsaturated/α-hetero) is 1. The number of ketones is 1. The van der Waals surface area contributed by atoms with Gasteiger partial charge in [-0.1, -0.05) is 6.07 Å². The molecule has 1 aliphatic carbocycles. The number of ether oxygens (including phenoxy) is 1. The summed E-state index contributed by atoms with van der Waals surface area (Å²) in [6, 6.07) is 4.38. The van der Waals surface area contributed by atoms with Crippen LogP contribution in [0.25, 0.3) is 0 Å². The van der Waals surface area contributed by atoms with Gasteiger partial charge in [0, 0.05) is 11.3 Å². The third-order valence-corrected chi connectivity index (χ3v) is 3.55. The minimum Gasteiger partial charge on any atom is -0.444 e. The molecule has 0 spiro atoms. The van der Waals surface area contributed by atoms with E-state index in [1.807, 2.05) is 0 Å². The van der Waals surface area contributed by atoms with E-state index < -0.39 is 22.9 Å². The van der Waals surface area contributed by atoms with Crippen molar-refractivity contribution in [2.45, 2.75) is 51.6 Å². The molecule has 0 heterocycles. The van der Waals surface area contributed by atoms with Crippen LogP contribution in [-0.2, 0) is 14.9 Å². The molecule has 1 aliphatic rings. The third-order valence-electron chi connectivity index (χ3n) is 3.55. The highest BCUT2D eigenvalue weighted by molar-refractivity contribution is 5.91. The zero-order chi connectivity index (χ0) is 15.8. The van der Waals surface area contributed by atoms with Gasteiger partial charge in [0.05, 0.1) is 5.41 Å². The van der Waals surface area contributed by atoms with Gasteiger partial charge in [-0.25, -0.2) is 9.18 Å². The largest absolute Gasteiger partial charge is 0.444 e. The predicted octanol–water partition coefficient (Wildman–Crippen LogP) is 3.79. The summed E-state index contributed by atoms with van der Waals surface area (Å²) in [4.78, 5) is 23.3. The van der Waals surface area contributed by atoms with Crippen LogP contribution < -0.4 is 5.32 Å². The molecule has 1 aromatic rings. The molecule has 1 fully saturated rings. The summed E-state index contributed by atoms with van der Waals surface area (Å²) in [6.45, 7) is 6.74. The van der Waals surface area contributed by atoms with Gasteiger partial charge >= 0.3 is 6.09 Å². The zero-order valence-corrected chi connectivity index (χ0v) is 12.7. The Morgan fingerprint density at radius 2 is 1.90 bits per heavy atom. The van der Waals surface area contributed by atoms with Gasteiger partial charge in [0.25, 0.3) is 0 Å². The molecule has 0 atom stereocenters. The average Bonchev–Trinajstić information content (AvgIpc) is 3.07. The lowest BCUT2D eigenvalue weighted by Gasteiger charge is -2.20. The second-order valence-corrected chi connectivity index (χ2v) is 6.46. The second-order valence-electron chi connectivity index (χ2n) is 6.46. The number of halogens is 1. The highest BCUT2D eigenvalue weighted by Crippen LogP contribution is 2.50. The van der Waals surface area contributed by atoms with E-state index in [2.05, 4.69) is 5.32 Å². The molecule has 1 saturated carbocycles. The molecule has 4 nitrogen and oxygen atoms in total. The van der Waals surface area contributed by atoms with E-state index in [0.717, 1.165) is 0 Å². The highest BCUT2D eigenvalue weighted by Gasteiger charge is 2.50. The van der Waals surface area contributed by atoms with Crippen LogP contribution in [0, 0.1) is 5.82 Å². The fraction of sp³-hybridized carbons (Fsp3) is 0.500. The normalized spacial score (nSPS) is 16.2. The minimum atomic E-state index is -0.658. The molecule has 1 aromatic carbocycles. The predicted molar refractivity (Wildman–Crippen MR) is 77.8 cm³/mol. The van der Waals surface area contributed by atoms with Crippen molar-refractivity contribution in [3.05, 3.63) is 29.6 Å². The van der Waals surface area contributed by atoms with E-state index in [-0.39, 0.29) is 5.78 Å². The zero-order valence-electron chi connectivity index (χ0n) is 12.7. The van der Waals surface area contributed by atoms with Crippen LogP contribution >= 0.6 is 0 Å². The van der Waals surface area contributed by atoms with Crippen molar-refractivity contribution in [3.63, 3.8) is 0 Å². The second kappa shape index (κ2) is 5.13. The Bertz CT molecular complexity index is 586. The van der Waals surface area contributed by atoms with Crippen molar-refractivity contribution in [1.29, 1.82) is 0 Å². The topological polar surface area (TPSA) is 55.4 Å². The monoisotopic (exact) mass is 293 g/mol. The van der Waals surface area contributed by atoms with Gasteiger partial charge in [0.1, 0.15) is 17.2 Å². The minimum absolute atomic E-state index is 0.0192. The Labute approximate surface area is 123 Å². The number of carbonyl (C=O) groups excluding carboxylic acids is 2. The Kier molecular flexibility index (Phi) is 3.78. The molecular formula is C16H20FNO3. The molecule has 1 N–H and O–H groups in total. The number of anilines is 1. The number of benzene rings is 1. The Hall–Kier alpha value is -1.91. The fourth-order valence-electron chi connectivity index (χ4n) is 2.34. The first kappa shape index (κ1) is 15.5. The smallest absolute Gasteiger partial charge is 0.412 e. The standard InChI is InChI=1S/C16H20FNO3/c1-10(19)16(7-8-16)12-6-5-11(9-13(12)17)18-14(20)21-15(2,3)4/h5-6,9H,7-8H2,1-4H3,(H,18,20). The first-order valence-corrected chi connectivity index (χ1v) is 6.95. The van der Waals surface area contributed by atoms with Crippen molar-refractivity contribution in [2.75, 3.05) is 5.32 Å². The Morgan fingerprint density at radius 1 is 1.29 bits per heavy atom. The van der Waals surface area contributed by atoms with Gasteiger partial charge in [-0.15, -0.1) is 0 Å². The molecule has 2 rings (SSSR count). The molecule has 0 bridgehead atoms. The average molecular weight is 293 g/mol. The maximum Gasteiger partial charge on any atom is 0.412 e. The van der Waals surface area contributed by atoms with Gasteiger partial charge < -0.3 is 4.74 Å². The van der Waals surface area contributed by atoms with Crippen molar-refractivity contribution in [2.24, 2.45) is 0 Å². The van der Waals surface area contributed by atoms with E-state index in [1.165, 1.54) is 13.0 Å². The van der Waals surface area contributed by atoms with Crippen molar-refractivity contribution in [3.8, 4) is 0 Å². The van der Waals surface area contributed by atoms with Gasteiger partial charge in [-0.05, 0) is 52.7 Å². The molecule has 0 unspecified atom stereocenters. The first-order valence-electron chi connectivity index (χ1n) is 6.95. The number of hydrogen-bond donors (Lipinski definition) is 1. The van der Waals surface area contributed by atoms with Crippen molar-refractivity contribution >= 4 is 17.6 Å². The summed E-state index contributed by atoms with van der Waals surface area (Å²) in [5.41, 5.74) is -0.557. The van der Waals surface area contributed by atoms with E-state index in [0.29, 0.717) is 24.1 Å². The van der Waals surface area contributed by atoms with Crippen LogP contribution in [0.5, 0.6) is 0 Å². The maximum atomic E-state index is 14.2. The van der Waals surface area contributed by atoms with Crippen LogP contribution in [0.2, 0.25) is 0 Å². The molecule has 114 valence electrons. The van der Waals surface area contributed by atoms with Crippen molar-refractivity contribution < 1.29 is 18.7 Å². The molecule has 5 heteroatoms. The summed E-state index contributed by atoms with van der Waals surface area (Å²) < 4.78 is 19.3. The third kappa shape index (κ3) is 3.40. The van der Waals surface area contributed by atoms with Crippen LogP contribution in [0.1, 0.15) is 46.1 Å². The van der Waals surface area contributed by atoms with E-state index in [1.54, 1.807) is 32.9 Å². The summed E-state index contributed by atoms with van der Waals surface area (Å²) >= 11 is 0. The fourth-order valence-corrected chi connectivity index (χ4v) is 2.34. The number of rotatable bonds is 3. The molecule has 0 aromatic heterocycles. The maximum absolute atomic E-state index is 14.2. The van der Waals surface area contributed by atoms with Gasteiger partial charge in [0.2, 0.25) is 0 Å². The van der Waals surface area contributed by atoms with E-state index >= 15 is 0 Å². The molecular weight excluding hydrogens is 273 g/mol. The molecule has 0 aliphatic heterocycles. The van der Waals surface area contributed by atoms with Gasteiger partial charge in [-0.2, -0.15) is 0 Å². The first-order chi connectivity index (χ1) is 9.64. The van der Waals surface area contributed by atoms with Gasteiger partial charge in [0.15, 0.2) is 0 Å². The lowest BCUT2D eigenvalue weighted by molar-refractivity contribution is -0.119. The SMILES string of the molecule is CC(=O)C1(c2ccc(NC(=O)OC(C)(C)C)cc2F)CC1. The number of amides is 1. The quantitative estimate of drug-likeness (QED) is 0.922. The number of hydrogen-bond acceptors (Lipinski definition) is 3. The van der Waals surface area contributed by atoms with Crippen LogP contribution in [0.15, 0.2) is 18.2 Å². The molecule has 0 saturated heterocycles. The summed E-state index contributed by atoms with van der Waals surface area (Å²) in [5.74, 6) is -0.495. The van der Waals surface area contributed by atoms with Gasteiger partial charge in [-0.3, -0.25) is 10.1 Å². The van der Waals surface area contributed by atoms with E-state index in [4.69, 9.17) is 4.74 Å². The lowest BCUT2D eigenvalue weighted by Crippen LogP contribution is -2.27.